The molecule has 1 saturated heterocycles. The molecule has 2 fully saturated rings. The van der Waals surface area contributed by atoms with Crippen molar-refractivity contribution >= 4 is 16.9 Å². The number of hydrogen-bond donors (Lipinski definition) is 0. The van der Waals surface area contributed by atoms with Gasteiger partial charge in [-0.2, -0.15) is 5.10 Å². The first kappa shape index (κ1) is 16.5. The van der Waals surface area contributed by atoms with Crippen LogP contribution in [0.2, 0.25) is 0 Å². The van der Waals surface area contributed by atoms with Crippen molar-refractivity contribution < 1.29 is 9.53 Å². The van der Waals surface area contributed by atoms with Crippen molar-refractivity contribution in [3.8, 4) is 0 Å². The van der Waals surface area contributed by atoms with Crippen LogP contribution >= 0.6 is 0 Å². The minimum atomic E-state index is -0.304. The van der Waals surface area contributed by atoms with E-state index in [4.69, 9.17) is 9.72 Å². The zero-order chi connectivity index (χ0) is 17.8. The fraction of sp³-hybridized carbons (Fsp3) is 0.632. The van der Waals surface area contributed by atoms with Crippen LogP contribution in [0.4, 0.5) is 0 Å². The van der Waals surface area contributed by atoms with Gasteiger partial charge in [0.25, 0.3) is 5.91 Å². The van der Waals surface area contributed by atoms with Gasteiger partial charge in [0.15, 0.2) is 5.65 Å². The predicted molar refractivity (Wildman–Crippen MR) is 95.8 cm³/mol. The number of ether oxygens (including phenoxy) is 1. The Labute approximate surface area is 148 Å². The van der Waals surface area contributed by atoms with Gasteiger partial charge in [-0.1, -0.05) is 0 Å². The predicted octanol–water partition coefficient (Wildman–Crippen LogP) is 3.14. The van der Waals surface area contributed by atoms with Gasteiger partial charge in [0.1, 0.15) is 0 Å². The summed E-state index contributed by atoms with van der Waals surface area (Å²) in [4.78, 5) is 20.0. The minimum absolute atomic E-state index is 0.0639. The van der Waals surface area contributed by atoms with Crippen molar-refractivity contribution in [2.75, 3.05) is 19.7 Å². The number of fused-ring (bicyclic) bond motifs is 1. The van der Waals surface area contributed by atoms with E-state index in [0.717, 1.165) is 35.1 Å². The van der Waals surface area contributed by atoms with Crippen molar-refractivity contribution in [3.63, 3.8) is 0 Å². The zero-order valence-corrected chi connectivity index (χ0v) is 15.5. The summed E-state index contributed by atoms with van der Waals surface area (Å²) in [6, 6.07) is 2.21. The standard InChI is InChI=1S/C19H26N4O2/c1-12(2)23-17-15(10-20-23)14(9-16(21-17)13-5-6-13)18(24)22-7-8-25-19(3,4)11-22/h9-10,12-13H,5-8,11H2,1-4H3. The van der Waals surface area contributed by atoms with Crippen LogP contribution in [0.25, 0.3) is 11.0 Å². The molecule has 6 nitrogen and oxygen atoms in total. The van der Waals surface area contributed by atoms with E-state index in [9.17, 15) is 4.79 Å². The van der Waals surface area contributed by atoms with Crippen LogP contribution in [0, 0.1) is 0 Å². The first-order valence-electron chi connectivity index (χ1n) is 9.17. The number of nitrogens with zero attached hydrogens (tertiary/aromatic N) is 4. The fourth-order valence-electron chi connectivity index (χ4n) is 3.54. The maximum atomic E-state index is 13.3. The molecular formula is C19H26N4O2. The Morgan fingerprint density at radius 3 is 2.76 bits per heavy atom. The molecule has 0 atom stereocenters. The van der Waals surface area contributed by atoms with E-state index in [-0.39, 0.29) is 17.6 Å². The Balaban J connectivity index is 1.78. The highest BCUT2D eigenvalue weighted by molar-refractivity contribution is 6.05. The molecule has 4 rings (SSSR count). The van der Waals surface area contributed by atoms with Crippen molar-refractivity contribution in [2.45, 2.75) is 58.1 Å². The zero-order valence-electron chi connectivity index (χ0n) is 15.5. The lowest BCUT2D eigenvalue weighted by atomic mass is 10.0. The number of aromatic nitrogens is 3. The highest BCUT2D eigenvalue weighted by atomic mass is 16.5. The SMILES string of the molecule is CC(C)n1ncc2c(C(=O)N3CCOC(C)(C)C3)cc(C3CC3)nc21. The van der Waals surface area contributed by atoms with Crippen LogP contribution in [0.15, 0.2) is 12.3 Å². The van der Waals surface area contributed by atoms with E-state index in [2.05, 4.69) is 18.9 Å². The monoisotopic (exact) mass is 342 g/mol. The van der Waals surface area contributed by atoms with Gasteiger partial charge < -0.3 is 9.64 Å². The fourth-order valence-corrected chi connectivity index (χ4v) is 3.54. The third-order valence-electron chi connectivity index (χ3n) is 5.01. The molecule has 3 heterocycles. The number of carbonyl (C=O) groups excluding carboxylic acids is 1. The van der Waals surface area contributed by atoms with Crippen LogP contribution in [0.3, 0.4) is 0 Å². The number of morpholine rings is 1. The Bertz CT molecular complexity index is 820. The summed E-state index contributed by atoms with van der Waals surface area (Å²) in [6.07, 6.45) is 4.11. The summed E-state index contributed by atoms with van der Waals surface area (Å²) in [5, 5.41) is 5.35. The van der Waals surface area contributed by atoms with Crippen LogP contribution in [-0.2, 0) is 4.74 Å². The highest BCUT2D eigenvalue weighted by Crippen LogP contribution is 2.40. The minimum Gasteiger partial charge on any atom is -0.372 e. The molecule has 6 heteroatoms. The topological polar surface area (TPSA) is 60.2 Å². The molecule has 0 aromatic carbocycles. The number of hydrogen-bond acceptors (Lipinski definition) is 4. The summed E-state index contributed by atoms with van der Waals surface area (Å²) in [5.41, 5.74) is 2.29. The van der Waals surface area contributed by atoms with Crippen molar-refractivity contribution in [1.82, 2.24) is 19.7 Å². The molecule has 2 aliphatic rings. The van der Waals surface area contributed by atoms with Gasteiger partial charge in [-0.3, -0.25) is 4.79 Å². The van der Waals surface area contributed by atoms with Crippen LogP contribution in [0.1, 0.15) is 68.5 Å². The molecule has 1 aliphatic carbocycles. The molecule has 134 valence electrons. The van der Waals surface area contributed by atoms with Gasteiger partial charge in [0, 0.05) is 30.7 Å². The second kappa shape index (κ2) is 5.80. The third kappa shape index (κ3) is 3.03. The van der Waals surface area contributed by atoms with Gasteiger partial charge in [0.2, 0.25) is 0 Å². The molecule has 0 bridgehead atoms. The lowest BCUT2D eigenvalue weighted by Crippen LogP contribution is -2.50. The van der Waals surface area contributed by atoms with E-state index in [1.807, 2.05) is 29.5 Å². The lowest BCUT2D eigenvalue weighted by molar-refractivity contribution is -0.0763. The average Bonchev–Trinajstić information content (AvgIpc) is 3.31. The Kier molecular flexibility index (Phi) is 3.83. The Hall–Kier alpha value is -1.95. The van der Waals surface area contributed by atoms with Crippen molar-refractivity contribution in [2.24, 2.45) is 0 Å². The lowest BCUT2D eigenvalue weighted by Gasteiger charge is -2.38. The van der Waals surface area contributed by atoms with Crippen LogP contribution in [0.5, 0.6) is 0 Å². The normalized spacial score (nSPS) is 20.4. The molecule has 0 unspecified atom stereocenters. The summed E-state index contributed by atoms with van der Waals surface area (Å²) >= 11 is 0. The van der Waals surface area contributed by atoms with Gasteiger partial charge in [-0.05, 0) is 46.6 Å². The average molecular weight is 342 g/mol. The Morgan fingerprint density at radius 1 is 1.36 bits per heavy atom. The molecule has 2 aromatic heterocycles. The maximum absolute atomic E-state index is 13.3. The van der Waals surface area contributed by atoms with Gasteiger partial charge in [-0.15, -0.1) is 0 Å². The van der Waals surface area contributed by atoms with Gasteiger partial charge in [0.05, 0.1) is 29.4 Å². The molecule has 1 aliphatic heterocycles. The largest absolute Gasteiger partial charge is 0.372 e. The maximum Gasteiger partial charge on any atom is 0.254 e. The van der Waals surface area contributed by atoms with Crippen LogP contribution < -0.4 is 0 Å². The quantitative estimate of drug-likeness (QED) is 0.860. The van der Waals surface area contributed by atoms with E-state index in [0.29, 0.717) is 25.6 Å². The van der Waals surface area contributed by atoms with Gasteiger partial charge >= 0.3 is 0 Å². The highest BCUT2D eigenvalue weighted by Gasteiger charge is 2.33. The number of carbonyl (C=O) groups is 1. The molecule has 1 amide bonds. The van der Waals surface area contributed by atoms with E-state index >= 15 is 0 Å². The molecule has 0 N–H and O–H groups in total. The molecule has 0 radical (unpaired) electrons. The van der Waals surface area contributed by atoms with Gasteiger partial charge in [-0.25, -0.2) is 9.67 Å². The first-order valence-corrected chi connectivity index (χ1v) is 9.17. The van der Waals surface area contributed by atoms with Crippen LogP contribution in [-0.4, -0.2) is 50.9 Å². The number of rotatable bonds is 3. The van der Waals surface area contributed by atoms with E-state index in [1.54, 1.807) is 6.20 Å². The molecule has 1 saturated carbocycles. The summed E-state index contributed by atoms with van der Waals surface area (Å²) in [5.74, 6) is 0.557. The second-order valence-corrected chi connectivity index (χ2v) is 8.12. The second-order valence-electron chi connectivity index (χ2n) is 8.12. The summed E-state index contributed by atoms with van der Waals surface area (Å²) < 4.78 is 7.67. The number of amides is 1. The smallest absolute Gasteiger partial charge is 0.254 e. The molecular weight excluding hydrogens is 316 g/mol. The molecule has 2 aromatic rings. The molecule has 0 spiro atoms. The Morgan fingerprint density at radius 2 is 2.12 bits per heavy atom. The summed E-state index contributed by atoms with van der Waals surface area (Å²) in [6.45, 7) is 10.0. The van der Waals surface area contributed by atoms with E-state index in [1.165, 1.54) is 0 Å². The number of pyridine rings is 1. The first-order chi connectivity index (χ1) is 11.9. The van der Waals surface area contributed by atoms with Crippen molar-refractivity contribution in [1.29, 1.82) is 0 Å². The van der Waals surface area contributed by atoms with E-state index < -0.39 is 0 Å². The third-order valence-corrected chi connectivity index (χ3v) is 5.01. The summed E-state index contributed by atoms with van der Waals surface area (Å²) in [7, 11) is 0. The molecule has 25 heavy (non-hydrogen) atoms. The van der Waals surface area contributed by atoms with Crippen molar-refractivity contribution in [3.05, 3.63) is 23.5 Å².